The summed E-state index contributed by atoms with van der Waals surface area (Å²) in [5, 5.41) is 7.74. The Labute approximate surface area is 128 Å². The maximum Gasteiger partial charge on any atom is 0.276 e. The minimum atomic E-state index is -0.314. The highest BCUT2D eigenvalue weighted by atomic mass is 19.1. The molecule has 0 fully saturated rings. The summed E-state index contributed by atoms with van der Waals surface area (Å²) in [6.07, 6.45) is 4.77. The monoisotopic (exact) mass is 300 g/mol. The molecule has 1 heterocycles. The second-order valence-electron chi connectivity index (χ2n) is 4.68. The average Bonchev–Trinajstić information content (AvgIpc) is 2.97. The van der Waals surface area contributed by atoms with Crippen molar-refractivity contribution in [2.75, 3.05) is 13.1 Å². The maximum absolute atomic E-state index is 13.6. The van der Waals surface area contributed by atoms with Gasteiger partial charge in [0.25, 0.3) is 5.91 Å². The van der Waals surface area contributed by atoms with Gasteiger partial charge in [-0.05, 0) is 6.07 Å². The molecule has 0 N–H and O–H groups in total. The zero-order valence-electron chi connectivity index (χ0n) is 12.2. The number of carbonyl (C=O) groups excluding carboxylic acids is 1. The van der Waals surface area contributed by atoms with E-state index in [4.69, 9.17) is 0 Å². The van der Waals surface area contributed by atoms with Crippen LogP contribution in [0.3, 0.4) is 0 Å². The van der Waals surface area contributed by atoms with E-state index in [1.165, 1.54) is 21.8 Å². The SMILES string of the molecule is C=CCN(CC=C)C(=O)c1cn(Cc2ccccc2F)nn1. The summed E-state index contributed by atoms with van der Waals surface area (Å²) in [5.74, 6) is -0.578. The van der Waals surface area contributed by atoms with Crippen molar-refractivity contribution in [3.63, 3.8) is 0 Å². The lowest BCUT2D eigenvalue weighted by molar-refractivity contribution is 0.0785. The topological polar surface area (TPSA) is 51.0 Å². The van der Waals surface area contributed by atoms with Crippen LogP contribution >= 0.6 is 0 Å². The second-order valence-corrected chi connectivity index (χ2v) is 4.68. The number of hydrogen-bond acceptors (Lipinski definition) is 3. The fourth-order valence-electron chi connectivity index (χ4n) is 1.99. The van der Waals surface area contributed by atoms with Crippen LogP contribution in [-0.2, 0) is 6.54 Å². The molecule has 5 nitrogen and oxygen atoms in total. The zero-order chi connectivity index (χ0) is 15.9. The van der Waals surface area contributed by atoms with Gasteiger partial charge in [-0.3, -0.25) is 4.79 Å². The Balaban J connectivity index is 2.13. The molecular weight excluding hydrogens is 283 g/mol. The van der Waals surface area contributed by atoms with Crippen molar-refractivity contribution in [3.8, 4) is 0 Å². The van der Waals surface area contributed by atoms with Crippen LogP contribution in [0.1, 0.15) is 16.1 Å². The molecule has 2 rings (SSSR count). The van der Waals surface area contributed by atoms with Crippen LogP contribution in [0.25, 0.3) is 0 Å². The van der Waals surface area contributed by atoms with Gasteiger partial charge in [0.1, 0.15) is 5.82 Å². The van der Waals surface area contributed by atoms with Gasteiger partial charge < -0.3 is 4.90 Å². The van der Waals surface area contributed by atoms with E-state index in [9.17, 15) is 9.18 Å². The molecule has 0 aliphatic heterocycles. The van der Waals surface area contributed by atoms with Crippen LogP contribution in [0, 0.1) is 5.82 Å². The van der Waals surface area contributed by atoms with Gasteiger partial charge in [-0.2, -0.15) is 0 Å². The molecule has 0 spiro atoms. The van der Waals surface area contributed by atoms with E-state index in [1.807, 2.05) is 0 Å². The van der Waals surface area contributed by atoms with Crippen LogP contribution in [0.15, 0.2) is 55.8 Å². The first kappa shape index (κ1) is 15.6. The van der Waals surface area contributed by atoms with Gasteiger partial charge in [0.05, 0.1) is 12.7 Å². The van der Waals surface area contributed by atoms with Crippen molar-refractivity contribution >= 4 is 5.91 Å². The first-order valence-electron chi connectivity index (χ1n) is 6.80. The second kappa shape index (κ2) is 7.31. The van der Waals surface area contributed by atoms with Crippen LogP contribution in [0.4, 0.5) is 4.39 Å². The van der Waals surface area contributed by atoms with Gasteiger partial charge in [0.2, 0.25) is 0 Å². The Morgan fingerprint density at radius 3 is 2.59 bits per heavy atom. The van der Waals surface area contributed by atoms with Gasteiger partial charge in [-0.1, -0.05) is 35.6 Å². The summed E-state index contributed by atoms with van der Waals surface area (Å²) in [5.41, 5.74) is 0.695. The van der Waals surface area contributed by atoms with Crippen molar-refractivity contribution in [1.29, 1.82) is 0 Å². The standard InChI is InChI=1S/C16H17FN4O/c1-3-9-20(10-4-2)16(22)15-12-21(19-18-15)11-13-7-5-6-8-14(13)17/h3-8,12H,1-2,9-11H2. The van der Waals surface area contributed by atoms with E-state index < -0.39 is 0 Å². The molecule has 0 aliphatic rings. The van der Waals surface area contributed by atoms with Gasteiger partial charge in [-0.15, -0.1) is 18.3 Å². The lowest BCUT2D eigenvalue weighted by Gasteiger charge is -2.17. The number of hydrogen-bond donors (Lipinski definition) is 0. The number of aromatic nitrogens is 3. The average molecular weight is 300 g/mol. The van der Waals surface area contributed by atoms with Crippen molar-refractivity contribution in [2.24, 2.45) is 0 Å². The minimum absolute atomic E-state index is 0.208. The van der Waals surface area contributed by atoms with Crippen LogP contribution in [0.2, 0.25) is 0 Å². The largest absolute Gasteiger partial charge is 0.330 e. The molecule has 1 aromatic heterocycles. The van der Waals surface area contributed by atoms with Gasteiger partial charge in [0.15, 0.2) is 5.69 Å². The predicted molar refractivity (Wildman–Crippen MR) is 81.8 cm³/mol. The maximum atomic E-state index is 13.6. The van der Waals surface area contributed by atoms with Crippen molar-refractivity contribution < 1.29 is 9.18 Å². The first-order chi connectivity index (χ1) is 10.7. The van der Waals surface area contributed by atoms with E-state index in [-0.39, 0.29) is 24.0 Å². The highest BCUT2D eigenvalue weighted by molar-refractivity contribution is 5.92. The molecule has 22 heavy (non-hydrogen) atoms. The Kier molecular flexibility index (Phi) is 5.19. The summed E-state index contributed by atoms with van der Waals surface area (Å²) in [7, 11) is 0. The zero-order valence-corrected chi connectivity index (χ0v) is 12.2. The van der Waals surface area contributed by atoms with E-state index in [1.54, 1.807) is 30.4 Å². The predicted octanol–water partition coefficient (Wildman–Crippen LogP) is 2.28. The van der Waals surface area contributed by atoms with Crippen molar-refractivity contribution in [2.45, 2.75) is 6.54 Å². The quantitative estimate of drug-likeness (QED) is 0.737. The van der Waals surface area contributed by atoms with E-state index in [0.717, 1.165) is 0 Å². The first-order valence-corrected chi connectivity index (χ1v) is 6.80. The van der Waals surface area contributed by atoms with Crippen LogP contribution < -0.4 is 0 Å². The smallest absolute Gasteiger partial charge is 0.276 e. The molecule has 0 aliphatic carbocycles. The fourth-order valence-corrected chi connectivity index (χ4v) is 1.99. The number of amides is 1. The summed E-state index contributed by atoms with van der Waals surface area (Å²) in [4.78, 5) is 13.8. The lowest BCUT2D eigenvalue weighted by Crippen LogP contribution is -2.31. The Morgan fingerprint density at radius 1 is 1.27 bits per heavy atom. The van der Waals surface area contributed by atoms with Crippen molar-refractivity contribution in [1.82, 2.24) is 19.9 Å². The highest BCUT2D eigenvalue weighted by Gasteiger charge is 2.17. The van der Waals surface area contributed by atoms with Gasteiger partial charge >= 0.3 is 0 Å². The van der Waals surface area contributed by atoms with Crippen LogP contribution in [-0.4, -0.2) is 38.9 Å². The van der Waals surface area contributed by atoms with Gasteiger partial charge in [-0.25, -0.2) is 9.07 Å². The van der Waals surface area contributed by atoms with Crippen LogP contribution in [0.5, 0.6) is 0 Å². The molecular formula is C16H17FN4O. The Hall–Kier alpha value is -2.76. The third-order valence-electron chi connectivity index (χ3n) is 3.03. The molecule has 6 heteroatoms. The van der Waals surface area contributed by atoms with Crippen molar-refractivity contribution in [3.05, 3.63) is 72.8 Å². The molecule has 0 saturated carbocycles. The number of halogens is 1. The summed E-state index contributed by atoms with van der Waals surface area (Å²) in [6, 6.07) is 6.42. The summed E-state index contributed by atoms with van der Waals surface area (Å²) < 4.78 is 15.0. The molecule has 1 amide bonds. The fraction of sp³-hybridized carbons (Fsp3) is 0.188. The third-order valence-corrected chi connectivity index (χ3v) is 3.03. The van der Waals surface area contributed by atoms with E-state index >= 15 is 0 Å². The molecule has 0 bridgehead atoms. The third kappa shape index (κ3) is 3.66. The molecule has 2 aromatic rings. The number of benzene rings is 1. The summed E-state index contributed by atoms with van der Waals surface area (Å²) in [6.45, 7) is 8.24. The molecule has 114 valence electrons. The normalized spacial score (nSPS) is 10.2. The number of rotatable bonds is 7. The number of carbonyl (C=O) groups is 1. The van der Waals surface area contributed by atoms with E-state index in [0.29, 0.717) is 18.7 Å². The molecule has 0 radical (unpaired) electrons. The Bertz CT molecular complexity index is 670. The Morgan fingerprint density at radius 2 is 1.95 bits per heavy atom. The highest BCUT2D eigenvalue weighted by Crippen LogP contribution is 2.09. The lowest BCUT2D eigenvalue weighted by atomic mass is 10.2. The molecule has 1 aromatic carbocycles. The van der Waals surface area contributed by atoms with E-state index in [2.05, 4.69) is 23.5 Å². The molecule has 0 saturated heterocycles. The van der Waals surface area contributed by atoms with Gasteiger partial charge in [0, 0.05) is 18.7 Å². The molecule has 0 atom stereocenters. The number of nitrogens with zero attached hydrogens (tertiary/aromatic N) is 4. The molecule has 0 unspecified atom stereocenters. The minimum Gasteiger partial charge on any atom is -0.330 e. The summed E-state index contributed by atoms with van der Waals surface area (Å²) >= 11 is 0.